The second kappa shape index (κ2) is 7.61. The highest BCUT2D eigenvalue weighted by atomic mass is 14.1. The van der Waals surface area contributed by atoms with Gasteiger partial charge in [0.1, 0.15) is 0 Å². The lowest BCUT2D eigenvalue weighted by Gasteiger charge is -2.09. The molecular formula is C14H24. The molecule has 0 radical (unpaired) electrons. The predicted molar refractivity (Wildman–Crippen MR) is 65.7 cm³/mol. The van der Waals surface area contributed by atoms with E-state index < -0.39 is 0 Å². The lowest BCUT2D eigenvalue weighted by molar-refractivity contribution is 0.643. The first-order valence-electron chi connectivity index (χ1n) is 5.80. The molecule has 0 spiro atoms. The summed E-state index contributed by atoms with van der Waals surface area (Å²) in [6.07, 6.45) is 2.37. The molecule has 0 atom stereocenters. The fourth-order valence-corrected chi connectivity index (χ4v) is 1.54. The van der Waals surface area contributed by atoms with Crippen molar-refractivity contribution in [2.24, 2.45) is 5.92 Å². The van der Waals surface area contributed by atoms with Gasteiger partial charge in [0.2, 0.25) is 0 Å². The summed E-state index contributed by atoms with van der Waals surface area (Å²) in [7, 11) is 0. The van der Waals surface area contributed by atoms with Crippen LogP contribution in [0.15, 0.2) is 24.3 Å². The van der Waals surface area contributed by atoms with Crippen LogP contribution in [0, 0.1) is 5.92 Å². The molecule has 80 valence electrons. The van der Waals surface area contributed by atoms with Crippen molar-refractivity contribution in [1.82, 2.24) is 0 Å². The molecule has 0 nitrogen and oxygen atoms in total. The summed E-state index contributed by atoms with van der Waals surface area (Å²) in [5, 5.41) is 0. The number of benzene rings is 1. The van der Waals surface area contributed by atoms with E-state index in [0.717, 1.165) is 12.3 Å². The van der Waals surface area contributed by atoms with Gasteiger partial charge in [-0.25, -0.2) is 0 Å². The van der Waals surface area contributed by atoms with Gasteiger partial charge in [0.15, 0.2) is 0 Å². The molecule has 0 bridgehead atoms. The van der Waals surface area contributed by atoms with Gasteiger partial charge in [-0.15, -0.1) is 0 Å². The van der Waals surface area contributed by atoms with Gasteiger partial charge < -0.3 is 0 Å². The molecule has 0 N–H and O–H groups in total. The number of rotatable bonds is 3. The third-order valence-electron chi connectivity index (χ3n) is 2.13. The van der Waals surface area contributed by atoms with Crippen molar-refractivity contribution in [3.05, 3.63) is 35.4 Å². The van der Waals surface area contributed by atoms with Gasteiger partial charge in [-0.1, -0.05) is 58.9 Å². The first-order chi connectivity index (χ1) is 6.74. The van der Waals surface area contributed by atoms with Gasteiger partial charge in [0.05, 0.1) is 0 Å². The highest BCUT2D eigenvalue weighted by Gasteiger charge is 2.01. The molecule has 14 heavy (non-hydrogen) atoms. The molecule has 0 aliphatic carbocycles. The summed E-state index contributed by atoms with van der Waals surface area (Å²) in [6.45, 7) is 10.8. The zero-order valence-electron chi connectivity index (χ0n) is 10.3. The van der Waals surface area contributed by atoms with E-state index in [2.05, 4.69) is 45.0 Å². The quantitative estimate of drug-likeness (QED) is 0.662. The average molecular weight is 192 g/mol. The van der Waals surface area contributed by atoms with Crippen molar-refractivity contribution >= 4 is 0 Å². The number of hydrogen-bond acceptors (Lipinski definition) is 0. The minimum atomic E-state index is 0.762. The van der Waals surface area contributed by atoms with Crippen molar-refractivity contribution in [2.75, 3.05) is 0 Å². The third-order valence-corrected chi connectivity index (χ3v) is 2.13. The summed E-state index contributed by atoms with van der Waals surface area (Å²) < 4.78 is 0. The highest BCUT2D eigenvalue weighted by molar-refractivity contribution is 5.27. The van der Waals surface area contributed by atoms with Crippen LogP contribution in [0.5, 0.6) is 0 Å². The van der Waals surface area contributed by atoms with Crippen LogP contribution in [-0.4, -0.2) is 0 Å². The molecule has 0 amide bonds. The van der Waals surface area contributed by atoms with Crippen LogP contribution < -0.4 is 0 Å². The van der Waals surface area contributed by atoms with Crippen molar-refractivity contribution in [3.63, 3.8) is 0 Å². The molecule has 0 unspecified atom stereocenters. The molecule has 0 aromatic heterocycles. The van der Waals surface area contributed by atoms with Gasteiger partial charge in [-0.3, -0.25) is 0 Å². The molecule has 0 heteroatoms. The molecule has 0 aliphatic rings. The molecule has 1 aromatic carbocycles. The van der Waals surface area contributed by atoms with E-state index in [0.29, 0.717) is 0 Å². The zero-order valence-corrected chi connectivity index (χ0v) is 10.3. The summed E-state index contributed by atoms with van der Waals surface area (Å²) in [5.41, 5.74) is 3.03. The minimum absolute atomic E-state index is 0.762. The molecule has 1 rings (SSSR count). The molecule has 1 aromatic rings. The first-order valence-corrected chi connectivity index (χ1v) is 5.80. The molecular weight excluding hydrogens is 168 g/mol. The van der Waals surface area contributed by atoms with E-state index in [1.54, 1.807) is 0 Å². The van der Waals surface area contributed by atoms with Crippen LogP contribution in [0.25, 0.3) is 0 Å². The Hall–Kier alpha value is -0.780. The van der Waals surface area contributed by atoms with Crippen molar-refractivity contribution in [2.45, 2.75) is 47.5 Å². The second-order valence-electron chi connectivity index (χ2n) is 3.72. The Balaban J connectivity index is 0.000000791. The monoisotopic (exact) mass is 192 g/mol. The van der Waals surface area contributed by atoms with Crippen LogP contribution in [0.2, 0.25) is 0 Å². The number of hydrogen-bond donors (Lipinski definition) is 0. The van der Waals surface area contributed by atoms with Crippen molar-refractivity contribution in [1.29, 1.82) is 0 Å². The van der Waals surface area contributed by atoms with E-state index in [1.807, 2.05) is 13.8 Å². The minimum Gasteiger partial charge on any atom is -0.0683 e. The maximum absolute atomic E-state index is 2.27. The molecule has 0 saturated heterocycles. The summed E-state index contributed by atoms with van der Waals surface area (Å²) >= 11 is 0. The Labute approximate surface area is 89.4 Å². The normalized spacial score (nSPS) is 9.57. The third kappa shape index (κ3) is 4.45. The van der Waals surface area contributed by atoms with Crippen LogP contribution in [0.3, 0.4) is 0 Å². The van der Waals surface area contributed by atoms with E-state index in [9.17, 15) is 0 Å². The van der Waals surface area contributed by atoms with Gasteiger partial charge in [-0.05, 0) is 29.9 Å². The smallest absolute Gasteiger partial charge is 0.0253 e. The zero-order chi connectivity index (χ0) is 11.0. The van der Waals surface area contributed by atoms with Gasteiger partial charge in [0, 0.05) is 0 Å². The Kier molecular flexibility index (Phi) is 7.18. The fraction of sp³-hybridized carbons (Fsp3) is 0.571. The van der Waals surface area contributed by atoms with Gasteiger partial charge in [0.25, 0.3) is 0 Å². The Morgan fingerprint density at radius 2 is 1.50 bits per heavy atom. The van der Waals surface area contributed by atoms with Crippen LogP contribution in [0.4, 0.5) is 0 Å². The Morgan fingerprint density at radius 3 is 1.93 bits per heavy atom. The lowest BCUT2D eigenvalue weighted by atomic mass is 9.97. The predicted octanol–water partition coefficient (Wildman–Crippen LogP) is 4.47. The molecule has 0 aliphatic heterocycles. The summed E-state index contributed by atoms with van der Waals surface area (Å²) in [5.74, 6) is 0.762. The number of aryl methyl sites for hydroxylation is 1. The fourth-order valence-electron chi connectivity index (χ4n) is 1.54. The lowest BCUT2D eigenvalue weighted by Crippen LogP contribution is -1.97. The van der Waals surface area contributed by atoms with E-state index in [1.165, 1.54) is 17.5 Å². The maximum Gasteiger partial charge on any atom is -0.0253 e. The summed E-state index contributed by atoms with van der Waals surface area (Å²) in [6, 6.07) is 8.75. The maximum atomic E-state index is 2.27. The van der Waals surface area contributed by atoms with Gasteiger partial charge in [-0.2, -0.15) is 0 Å². The van der Waals surface area contributed by atoms with E-state index in [4.69, 9.17) is 0 Å². The standard InChI is InChI=1S/C12H18.C2H6/c1-4-11-7-5-6-8-12(11)9-10(2)3;1-2/h5-8,10H,4,9H2,1-3H3;1-2H3. The summed E-state index contributed by atoms with van der Waals surface area (Å²) in [4.78, 5) is 0. The van der Waals surface area contributed by atoms with Crippen LogP contribution in [0.1, 0.15) is 45.7 Å². The SMILES string of the molecule is CC.CCc1ccccc1CC(C)C. The second-order valence-corrected chi connectivity index (χ2v) is 3.72. The van der Waals surface area contributed by atoms with E-state index in [-0.39, 0.29) is 0 Å². The Morgan fingerprint density at radius 1 is 1.00 bits per heavy atom. The molecule has 0 saturated carbocycles. The van der Waals surface area contributed by atoms with E-state index >= 15 is 0 Å². The molecule has 0 heterocycles. The average Bonchev–Trinajstić information content (AvgIpc) is 2.21. The largest absolute Gasteiger partial charge is 0.0683 e. The molecule has 0 fully saturated rings. The van der Waals surface area contributed by atoms with Crippen LogP contribution >= 0.6 is 0 Å². The first kappa shape index (κ1) is 13.2. The van der Waals surface area contributed by atoms with Crippen molar-refractivity contribution in [3.8, 4) is 0 Å². The topological polar surface area (TPSA) is 0 Å². The highest BCUT2D eigenvalue weighted by Crippen LogP contribution is 2.13. The van der Waals surface area contributed by atoms with Crippen LogP contribution in [-0.2, 0) is 12.8 Å². The van der Waals surface area contributed by atoms with Crippen molar-refractivity contribution < 1.29 is 0 Å². The van der Waals surface area contributed by atoms with Gasteiger partial charge >= 0.3 is 0 Å². The Bertz CT molecular complexity index is 236.